The second-order valence-corrected chi connectivity index (χ2v) is 4.31. The van der Waals surface area contributed by atoms with Gasteiger partial charge in [-0.05, 0) is 44.7 Å². The Morgan fingerprint density at radius 1 is 1.21 bits per heavy atom. The lowest BCUT2D eigenvalue weighted by Crippen LogP contribution is -2.09. The van der Waals surface area contributed by atoms with Gasteiger partial charge in [0.25, 0.3) is 0 Å². The first-order valence-corrected chi connectivity index (χ1v) is 6.77. The van der Waals surface area contributed by atoms with Crippen molar-refractivity contribution >= 4 is 0 Å². The van der Waals surface area contributed by atoms with Gasteiger partial charge in [0.05, 0.1) is 6.61 Å². The lowest BCUT2D eigenvalue weighted by atomic mass is 10.2. The van der Waals surface area contributed by atoms with Gasteiger partial charge in [0.2, 0.25) is 0 Å². The predicted octanol–water partition coefficient (Wildman–Crippen LogP) is 2.47. The van der Waals surface area contributed by atoms with E-state index in [1.54, 1.807) is 0 Å². The molecule has 0 aliphatic heterocycles. The predicted molar refractivity (Wildman–Crippen MR) is 77.3 cm³/mol. The van der Waals surface area contributed by atoms with Crippen LogP contribution in [0.15, 0.2) is 30.5 Å². The Balaban J connectivity index is 2.30. The van der Waals surface area contributed by atoms with Gasteiger partial charge in [-0.2, -0.15) is 0 Å². The first kappa shape index (κ1) is 13.6. The summed E-state index contributed by atoms with van der Waals surface area (Å²) in [6, 6.07) is 8.06. The minimum atomic E-state index is 0.647. The summed E-state index contributed by atoms with van der Waals surface area (Å²) in [7, 11) is 0. The first-order valence-electron chi connectivity index (χ1n) is 6.77. The van der Waals surface area contributed by atoms with Gasteiger partial charge in [-0.15, -0.1) is 0 Å². The minimum absolute atomic E-state index is 0.647. The molecule has 4 heteroatoms. The highest BCUT2D eigenvalue weighted by atomic mass is 16.5. The molecule has 1 heterocycles. The van der Waals surface area contributed by atoms with Crippen LogP contribution in [-0.4, -0.2) is 22.7 Å². The van der Waals surface area contributed by atoms with E-state index in [9.17, 15) is 0 Å². The third-order valence-electron chi connectivity index (χ3n) is 3.08. The zero-order chi connectivity index (χ0) is 13.7. The minimum Gasteiger partial charge on any atom is -0.494 e. The maximum Gasteiger partial charge on any atom is 0.140 e. The number of rotatable bonds is 6. The molecule has 2 aromatic rings. The Kier molecular flexibility index (Phi) is 4.58. The highest BCUT2D eigenvalue weighted by Gasteiger charge is 2.10. The van der Waals surface area contributed by atoms with Crippen molar-refractivity contribution in [3.8, 4) is 17.1 Å². The lowest BCUT2D eigenvalue weighted by Gasteiger charge is -2.09. The number of nitrogens with two attached hydrogens (primary N) is 1. The van der Waals surface area contributed by atoms with Crippen LogP contribution in [0.1, 0.15) is 19.5 Å². The Morgan fingerprint density at radius 2 is 1.95 bits per heavy atom. The van der Waals surface area contributed by atoms with Crippen LogP contribution in [0, 0.1) is 0 Å². The van der Waals surface area contributed by atoms with Gasteiger partial charge in [-0.1, -0.05) is 0 Å². The van der Waals surface area contributed by atoms with E-state index in [0.29, 0.717) is 13.2 Å². The summed E-state index contributed by atoms with van der Waals surface area (Å²) >= 11 is 0. The monoisotopic (exact) mass is 259 g/mol. The van der Waals surface area contributed by atoms with Crippen LogP contribution in [0.3, 0.4) is 0 Å². The van der Waals surface area contributed by atoms with Crippen LogP contribution < -0.4 is 10.5 Å². The van der Waals surface area contributed by atoms with Gasteiger partial charge in [-0.3, -0.25) is 0 Å². The Hall–Kier alpha value is -1.81. The molecular weight excluding hydrogens is 238 g/mol. The standard InChI is InChI=1S/C15H21N3O/c1-3-18-13(9-10-16)11-17-15(18)12-5-7-14(8-6-12)19-4-2/h5-8,11H,3-4,9-10,16H2,1-2H3. The van der Waals surface area contributed by atoms with Gasteiger partial charge >= 0.3 is 0 Å². The fraction of sp³-hybridized carbons (Fsp3) is 0.400. The first-order chi connectivity index (χ1) is 9.30. The van der Waals surface area contributed by atoms with Crippen molar-refractivity contribution in [1.82, 2.24) is 9.55 Å². The van der Waals surface area contributed by atoms with Crippen molar-refractivity contribution in [2.75, 3.05) is 13.2 Å². The van der Waals surface area contributed by atoms with Crippen molar-refractivity contribution in [1.29, 1.82) is 0 Å². The average Bonchev–Trinajstić information content (AvgIpc) is 2.83. The fourth-order valence-electron chi connectivity index (χ4n) is 2.21. The summed E-state index contributed by atoms with van der Waals surface area (Å²) in [6.45, 7) is 6.34. The zero-order valence-electron chi connectivity index (χ0n) is 11.6. The molecule has 2 N–H and O–H groups in total. The second kappa shape index (κ2) is 6.38. The van der Waals surface area contributed by atoms with Crippen LogP contribution in [0.5, 0.6) is 5.75 Å². The van der Waals surface area contributed by atoms with Crippen molar-refractivity contribution in [3.63, 3.8) is 0 Å². The zero-order valence-corrected chi connectivity index (χ0v) is 11.6. The highest BCUT2D eigenvalue weighted by Crippen LogP contribution is 2.23. The summed E-state index contributed by atoms with van der Waals surface area (Å²) in [5.41, 5.74) is 7.92. The molecule has 1 aromatic heterocycles. The largest absolute Gasteiger partial charge is 0.494 e. The van der Waals surface area contributed by atoms with E-state index in [-0.39, 0.29) is 0 Å². The molecule has 0 amide bonds. The van der Waals surface area contributed by atoms with Crippen LogP contribution >= 0.6 is 0 Å². The molecule has 102 valence electrons. The van der Waals surface area contributed by atoms with Crippen LogP contribution in [0.4, 0.5) is 0 Å². The summed E-state index contributed by atoms with van der Waals surface area (Å²) in [5.74, 6) is 1.89. The Morgan fingerprint density at radius 3 is 2.53 bits per heavy atom. The smallest absolute Gasteiger partial charge is 0.140 e. The fourth-order valence-corrected chi connectivity index (χ4v) is 2.21. The molecule has 0 unspecified atom stereocenters. The Bertz CT molecular complexity index is 517. The van der Waals surface area contributed by atoms with E-state index >= 15 is 0 Å². The molecular formula is C15H21N3O. The normalized spacial score (nSPS) is 10.7. The molecule has 0 bridgehead atoms. The van der Waals surface area contributed by atoms with Crippen LogP contribution in [0.25, 0.3) is 11.4 Å². The topological polar surface area (TPSA) is 53.1 Å². The van der Waals surface area contributed by atoms with Gasteiger partial charge in [-0.25, -0.2) is 4.98 Å². The number of imidazole rings is 1. The third kappa shape index (κ3) is 2.96. The average molecular weight is 259 g/mol. The lowest BCUT2D eigenvalue weighted by molar-refractivity contribution is 0.340. The van der Waals surface area contributed by atoms with Gasteiger partial charge in [0.1, 0.15) is 11.6 Å². The summed E-state index contributed by atoms with van der Waals surface area (Å²) in [5, 5.41) is 0. The number of nitrogens with zero attached hydrogens (tertiary/aromatic N) is 2. The van der Waals surface area contributed by atoms with Crippen LogP contribution in [0.2, 0.25) is 0 Å². The van der Waals surface area contributed by atoms with Crippen molar-refractivity contribution in [2.24, 2.45) is 5.73 Å². The van der Waals surface area contributed by atoms with E-state index in [2.05, 4.69) is 16.5 Å². The molecule has 0 fully saturated rings. The second-order valence-electron chi connectivity index (χ2n) is 4.31. The molecule has 0 atom stereocenters. The number of hydrogen-bond donors (Lipinski definition) is 1. The SMILES string of the molecule is CCOc1ccc(-c2ncc(CCN)n2CC)cc1. The summed E-state index contributed by atoms with van der Waals surface area (Å²) in [6.07, 6.45) is 2.78. The van der Waals surface area contributed by atoms with Gasteiger partial charge in [0.15, 0.2) is 0 Å². The van der Waals surface area contributed by atoms with E-state index in [0.717, 1.165) is 30.1 Å². The molecule has 0 saturated heterocycles. The molecule has 19 heavy (non-hydrogen) atoms. The van der Waals surface area contributed by atoms with Crippen LogP contribution in [-0.2, 0) is 13.0 Å². The van der Waals surface area contributed by atoms with Gasteiger partial charge in [0, 0.05) is 30.4 Å². The van der Waals surface area contributed by atoms with Gasteiger partial charge < -0.3 is 15.0 Å². The number of benzene rings is 1. The van der Waals surface area contributed by atoms with Crippen molar-refractivity contribution in [3.05, 3.63) is 36.2 Å². The molecule has 4 nitrogen and oxygen atoms in total. The number of aromatic nitrogens is 2. The van der Waals surface area contributed by atoms with Crippen molar-refractivity contribution < 1.29 is 4.74 Å². The van der Waals surface area contributed by atoms with Crippen molar-refractivity contribution in [2.45, 2.75) is 26.8 Å². The quantitative estimate of drug-likeness (QED) is 0.867. The summed E-state index contributed by atoms with van der Waals surface area (Å²) < 4.78 is 7.66. The molecule has 0 aliphatic rings. The van der Waals surface area contributed by atoms with E-state index in [1.165, 1.54) is 5.69 Å². The van der Waals surface area contributed by atoms with E-state index in [1.807, 2.05) is 37.4 Å². The molecule has 0 saturated carbocycles. The Labute approximate surface area is 114 Å². The maximum absolute atomic E-state index is 5.63. The number of hydrogen-bond acceptors (Lipinski definition) is 3. The number of ether oxygens (including phenoxy) is 1. The highest BCUT2D eigenvalue weighted by molar-refractivity contribution is 5.57. The maximum atomic E-state index is 5.63. The molecule has 0 aliphatic carbocycles. The molecule has 0 spiro atoms. The molecule has 0 radical (unpaired) electrons. The summed E-state index contributed by atoms with van der Waals surface area (Å²) in [4.78, 5) is 4.52. The van der Waals surface area contributed by atoms with E-state index < -0.39 is 0 Å². The van der Waals surface area contributed by atoms with E-state index in [4.69, 9.17) is 10.5 Å². The molecule has 1 aromatic carbocycles. The third-order valence-corrected chi connectivity index (χ3v) is 3.08. The molecule has 2 rings (SSSR count).